The summed E-state index contributed by atoms with van der Waals surface area (Å²) in [5.74, 6) is -0.510. The Morgan fingerprint density at radius 1 is 1.38 bits per heavy atom. The standard InChI is InChI=1S/C12H16O4/c1-7-4-9(10(13)6-12(14)15)11(16-3)5-8(7)2/h4-5,10,13H,6H2,1-3H3,(H,14,15)/t10-/m1/s1. The van der Waals surface area contributed by atoms with E-state index < -0.39 is 12.1 Å². The van der Waals surface area contributed by atoms with Gasteiger partial charge in [-0.05, 0) is 37.1 Å². The Kier molecular flexibility index (Phi) is 3.90. The van der Waals surface area contributed by atoms with Crippen LogP contribution in [0.4, 0.5) is 0 Å². The van der Waals surface area contributed by atoms with Gasteiger partial charge < -0.3 is 14.9 Å². The van der Waals surface area contributed by atoms with Crippen LogP contribution in [0.2, 0.25) is 0 Å². The second-order valence-corrected chi connectivity index (χ2v) is 3.79. The lowest BCUT2D eigenvalue weighted by Crippen LogP contribution is -2.07. The van der Waals surface area contributed by atoms with Gasteiger partial charge in [0.15, 0.2) is 0 Å². The molecule has 0 aliphatic heterocycles. The molecule has 0 bridgehead atoms. The highest BCUT2D eigenvalue weighted by molar-refractivity contribution is 5.68. The molecule has 4 heteroatoms. The fourth-order valence-electron chi connectivity index (χ4n) is 1.52. The maximum absolute atomic E-state index is 10.5. The normalized spacial score (nSPS) is 12.2. The molecule has 1 atom stereocenters. The average molecular weight is 224 g/mol. The van der Waals surface area contributed by atoms with Gasteiger partial charge in [-0.25, -0.2) is 0 Å². The molecule has 0 aromatic heterocycles. The monoisotopic (exact) mass is 224 g/mol. The molecule has 0 radical (unpaired) electrons. The van der Waals surface area contributed by atoms with E-state index >= 15 is 0 Å². The van der Waals surface area contributed by atoms with E-state index in [0.717, 1.165) is 11.1 Å². The van der Waals surface area contributed by atoms with Gasteiger partial charge in [0.05, 0.1) is 19.6 Å². The highest BCUT2D eigenvalue weighted by Crippen LogP contribution is 2.30. The van der Waals surface area contributed by atoms with Crippen molar-refractivity contribution in [1.29, 1.82) is 0 Å². The number of carboxylic acid groups (broad SMARTS) is 1. The number of aliphatic carboxylic acids is 1. The van der Waals surface area contributed by atoms with Gasteiger partial charge in [-0.15, -0.1) is 0 Å². The van der Waals surface area contributed by atoms with Crippen LogP contribution in [-0.4, -0.2) is 23.3 Å². The number of rotatable bonds is 4. The van der Waals surface area contributed by atoms with Crippen molar-refractivity contribution < 1.29 is 19.7 Å². The smallest absolute Gasteiger partial charge is 0.306 e. The largest absolute Gasteiger partial charge is 0.496 e. The molecule has 2 N–H and O–H groups in total. The van der Waals surface area contributed by atoms with E-state index in [0.29, 0.717) is 11.3 Å². The number of benzene rings is 1. The molecule has 16 heavy (non-hydrogen) atoms. The summed E-state index contributed by atoms with van der Waals surface area (Å²) in [6.07, 6.45) is -1.36. The average Bonchev–Trinajstić information content (AvgIpc) is 2.20. The Hall–Kier alpha value is -1.55. The highest BCUT2D eigenvalue weighted by atomic mass is 16.5. The van der Waals surface area contributed by atoms with Crippen LogP contribution in [0.3, 0.4) is 0 Å². The summed E-state index contributed by atoms with van der Waals surface area (Å²) in [7, 11) is 1.50. The van der Waals surface area contributed by atoms with Crippen molar-refractivity contribution in [1.82, 2.24) is 0 Å². The minimum absolute atomic E-state index is 0.321. The lowest BCUT2D eigenvalue weighted by molar-refractivity contribution is -0.139. The number of aliphatic hydroxyl groups excluding tert-OH is 1. The molecule has 0 heterocycles. The fraction of sp³-hybridized carbons (Fsp3) is 0.417. The molecule has 0 amide bonds. The van der Waals surface area contributed by atoms with Crippen molar-refractivity contribution >= 4 is 5.97 Å². The third-order valence-electron chi connectivity index (χ3n) is 2.57. The van der Waals surface area contributed by atoms with Gasteiger partial charge in [0.25, 0.3) is 0 Å². The number of hydrogen-bond acceptors (Lipinski definition) is 3. The molecule has 1 rings (SSSR count). The molecule has 88 valence electrons. The number of ether oxygens (including phenoxy) is 1. The predicted octanol–water partition coefficient (Wildman–Crippen LogP) is 1.82. The summed E-state index contributed by atoms with van der Waals surface area (Å²) in [6.45, 7) is 3.84. The Labute approximate surface area is 94.5 Å². The molecular formula is C12H16O4. The van der Waals surface area contributed by atoms with Crippen LogP contribution in [0.5, 0.6) is 5.75 Å². The van der Waals surface area contributed by atoms with E-state index in [4.69, 9.17) is 9.84 Å². The third kappa shape index (κ3) is 2.73. The Balaban J connectivity index is 3.10. The molecule has 0 fully saturated rings. The number of hydrogen-bond donors (Lipinski definition) is 2. The summed E-state index contributed by atoms with van der Waals surface area (Å²) >= 11 is 0. The number of aryl methyl sites for hydroxylation is 2. The van der Waals surface area contributed by atoms with E-state index in [2.05, 4.69) is 0 Å². The first-order chi connectivity index (χ1) is 7.45. The van der Waals surface area contributed by atoms with Crippen molar-refractivity contribution in [2.75, 3.05) is 7.11 Å². The third-order valence-corrected chi connectivity index (χ3v) is 2.57. The zero-order valence-corrected chi connectivity index (χ0v) is 9.65. The Morgan fingerprint density at radius 3 is 2.44 bits per heavy atom. The summed E-state index contributed by atoms with van der Waals surface area (Å²) < 4.78 is 5.13. The molecule has 1 aromatic rings. The van der Waals surface area contributed by atoms with Crippen LogP contribution in [0.15, 0.2) is 12.1 Å². The van der Waals surface area contributed by atoms with Crippen LogP contribution < -0.4 is 4.74 Å². The molecule has 0 saturated carbocycles. The van der Waals surface area contributed by atoms with Crippen LogP contribution in [0, 0.1) is 13.8 Å². The SMILES string of the molecule is COc1cc(C)c(C)cc1[C@H](O)CC(=O)O. The molecule has 4 nitrogen and oxygen atoms in total. The van der Waals surface area contributed by atoms with Crippen LogP contribution >= 0.6 is 0 Å². The van der Waals surface area contributed by atoms with Gasteiger partial charge in [0.2, 0.25) is 0 Å². The maximum Gasteiger partial charge on any atom is 0.306 e. The van der Waals surface area contributed by atoms with Gasteiger partial charge in [-0.1, -0.05) is 0 Å². The first-order valence-electron chi connectivity index (χ1n) is 5.00. The summed E-state index contributed by atoms with van der Waals surface area (Å²) in [5.41, 5.74) is 2.57. The van der Waals surface area contributed by atoms with Crippen LogP contribution in [-0.2, 0) is 4.79 Å². The van der Waals surface area contributed by atoms with Crippen molar-refractivity contribution in [3.63, 3.8) is 0 Å². The minimum Gasteiger partial charge on any atom is -0.496 e. The number of aliphatic hydroxyl groups is 1. The number of carboxylic acids is 1. The molecule has 0 aliphatic rings. The lowest BCUT2D eigenvalue weighted by Gasteiger charge is -2.15. The Bertz CT molecular complexity index is 398. The fourth-order valence-corrected chi connectivity index (χ4v) is 1.52. The first-order valence-corrected chi connectivity index (χ1v) is 5.00. The number of carbonyl (C=O) groups is 1. The van der Waals surface area contributed by atoms with E-state index in [1.165, 1.54) is 7.11 Å². The number of methoxy groups -OCH3 is 1. The topological polar surface area (TPSA) is 66.8 Å². The van der Waals surface area contributed by atoms with Gasteiger partial charge in [-0.2, -0.15) is 0 Å². The van der Waals surface area contributed by atoms with E-state index in [1.807, 2.05) is 13.8 Å². The molecular weight excluding hydrogens is 208 g/mol. The van der Waals surface area contributed by atoms with E-state index in [-0.39, 0.29) is 6.42 Å². The van der Waals surface area contributed by atoms with Crippen LogP contribution in [0.1, 0.15) is 29.2 Å². The van der Waals surface area contributed by atoms with Gasteiger partial charge in [0, 0.05) is 5.56 Å². The lowest BCUT2D eigenvalue weighted by atomic mass is 9.99. The van der Waals surface area contributed by atoms with E-state index in [1.54, 1.807) is 12.1 Å². The quantitative estimate of drug-likeness (QED) is 0.818. The van der Waals surface area contributed by atoms with Crippen molar-refractivity contribution in [3.05, 3.63) is 28.8 Å². The molecule has 0 spiro atoms. The molecule has 1 aromatic carbocycles. The van der Waals surface area contributed by atoms with Crippen LogP contribution in [0.25, 0.3) is 0 Å². The van der Waals surface area contributed by atoms with Gasteiger partial charge >= 0.3 is 5.97 Å². The summed E-state index contributed by atoms with van der Waals surface area (Å²) in [6, 6.07) is 3.57. The zero-order chi connectivity index (χ0) is 12.3. The molecule has 0 saturated heterocycles. The molecule has 0 unspecified atom stereocenters. The molecule has 0 aliphatic carbocycles. The second kappa shape index (κ2) is 4.99. The van der Waals surface area contributed by atoms with E-state index in [9.17, 15) is 9.90 Å². The van der Waals surface area contributed by atoms with Gasteiger partial charge in [0.1, 0.15) is 5.75 Å². The summed E-state index contributed by atoms with van der Waals surface area (Å²) in [5, 5.41) is 18.4. The maximum atomic E-state index is 10.5. The first kappa shape index (κ1) is 12.5. The minimum atomic E-state index is -1.04. The highest BCUT2D eigenvalue weighted by Gasteiger charge is 2.17. The van der Waals surface area contributed by atoms with Gasteiger partial charge in [-0.3, -0.25) is 4.79 Å². The van der Waals surface area contributed by atoms with Crippen molar-refractivity contribution in [2.24, 2.45) is 0 Å². The Morgan fingerprint density at radius 2 is 1.94 bits per heavy atom. The van der Waals surface area contributed by atoms with Crippen molar-refractivity contribution in [3.8, 4) is 5.75 Å². The van der Waals surface area contributed by atoms with Crippen molar-refractivity contribution in [2.45, 2.75) is 26.4 Å². The predicted molar refractivity (Wildman–Crippen MR) is 59.7 cm³/mol. The summed E-state index contributed by atoms with van der Waals surface area (Å²) in [4.78, 5) is 10.5. The zero-order valence-electron chi connectivity index (χ0n) is 9.65. The second-order valence-electron chi connectivity index (χ2n) is 3.79.